The van der Waals surface area contributed by atoms with Crippen LogP contribution in [0.3, 0.4) is 0 Å². The van der Waals surface area contributed by atoms with Crippen LogP contribution in [0.5, 0.6) is 0 Å². The van der Waals surface area contributed by atoms with E-state index in [1.807, 2.05) is 0 Å². The summed E-state index contributed by atoms with van der Waals surface area (Å²) in [6, 6.07) is 0. The SMILES string of the molecule is CC(O)CCCNc1nc2sccn2c1[N+](=O)[O-]. The Bertz CT molecular complexity index is 548. The van der Waals surface area contributed by atoms with Crippen LogP contribution in [0.25, 0.3) is 4.96 Å². The maximum Gasteiger partial charge on any atom is 0.372 e. The summed E-state index contributed by atoms with van der Waals surface area (Å²) in [5.74, 6) is 0.251. The standard InChI is InChI=1S/C10H14N4O3S/c1-7(15)3-2-4-11-8-9(14(16)17)13-5-6-18-10(13)12-8/h5-7,11,15H,2-4H2,1H3. The summed E-state index contributed by atoms with van der Waals surface area (Å²) in [5, 5.41) is 24.8. The number of aliphatic hydroxyl groups excluding tert-OH is 1. The number of hydrogen-bond acceptors (Lipinski definition) is 6. The molecule has 2 rings (SSSR count). The Kier molecular flexibility index (Phi) is 3.78. The van der Waals surface area contributed by atoms with Crippen LogP contribution in [-0.2, 0) is 0 Å². The maximum absolute atomic E-state index is 11.0. The van der Waals surface area contributed by atoms with Gasteiger partial charge in [0.05, 0.1) is 6.10 Å². The van der Waals surface area contributed by atoms with Crippen molar-refractivity contribution in [3.05, 3.63) is 21.7 Å². The van der Waals surface area contributed by atoms with Crippen LogP contribution < -0.4 is 5.32 Å². The van der Waals surface area contributed by atoms with Gasteiger partial charge in [-0.25, -0.2) is 0 Å². The summed E-state index contributed by atoms with van der Waals surface area (Å²) in [6.45, 7) is 2.27. The highest BCUT2D eigenvalue weighted by atomic mass is 32.1. The van der Waals surface area contributed by atoms with Crippen molar-refractivity contribution in [1.82, 2.24) is 9.38 Å². The molecule has 1 atom stereocenters. The highest BCUT2D eigenvalue weighted by Crippen LogP contribution is 2.27. The molecule has 0 aliphatic rings. The molecule has 18 heavy (non-hydrogen) atoms. The first-order valence-electron chi connectivity index (χ1n) is 5.61. The molecule has 2 heterocycles. The Morgan fingerprint density at radius 1 is 1.72 bits per heavy atom. The lowest BCUT2D eigenvalue weighted by molar-refractivity contribution is -0.389. The Morgan fingerprint density at radius 3 is 3.17 bits per heavy atom. The van der Waals surface area contributed by atoms with Gasteiger partial charge in [-0.3, -0.25) is 0 Å². The van der Waals surface area contributed by atoms with Gasteiger partial charge in [0.25, 0.3) is 4.96 Å². The Hall–Kier alpha value is -1.67. The minimum absolute atomic E-state index is 0.0386. The largest absolute Gasteiger partial charge is 0.393 e. The second-order valence-electron chi connectivity index (χ2n) is 4.01. The van der Waals surface area contributed by atoms with E-state index in [9.17, 15) is 10.1 Å². The summed E-state index contributed by atoms with van der Waals surface area (Å²) in [7, 11) is 0. The number of hydrogen-bond donors (Lipinski definition) is 2. The van der Waals surface area contributed by atoms with Crippen molar-refractivity contribution in [2.75, 3.05) is 11.9 Å². The number of nitrogens with one attached hydrogen (secondary N) is 1. The monoisotopic (exact) mass is 270 g/mol. The second-order valence-corrected chi connectivity index (χ2v) is 4.89. The second kappa shape index (κ2) is 5.32. The molecule has 8 heteroatoms. The summed E-state index contributed by atoms with van der Waals surface area (Å²) in [4.78, 5) is 15.3. The molecule has 7 nitrogen and oxygen atoms in total. The van der Waals surface area contributed by atoms with Crippen LogP contribution >= 0.6 is 11.3 Å². The highest BCUT2D eigenvalue weighted by molar-refractivity contribution is 7.15. The Balaban J connectivity index is 2.10. The van der Waals surface area contributed by atoms with E-state index in [0.717, 1.165) is 6.42 Å². The average molecular weight is 270 g/mol. The first kappa shape index (κ1) is 12.8. The molecular weight excluding hydrogens is 256 g/mol. The van der Waals surface area contributed by atoms with Crippen LogP contribution in [0, 0.1) is 10.1 Å². The molecule has 1 unspecified atom stereocenters. The zero-order chi connectivity index (χ0) is 13.1. The van der Waals surface area contributed by atoms with Crippen molar-refractivity contribution in [1.29, 1.82) is 0 Å². The van der Waals surface area contributed by atoms with Gasteiger partial charge in [-0.1, -0.05) is 11.3 Å². The van der Waals surface area contributed by atoms with Crippen LogP contribution in [0.1, 0.15) is 19.8 Å². The first-order chi connectivity index (χ1) is 8.59. The van der Waals surface area contributed by atoms with E-state index in [1.54, 1.807) is 18.5 Å². The Labute approximate surface area is 107 Å². The fourth-order valence-corrected chi connectivity index (χ4v) is 2.38. The molecule has 0 bridgehead atoms. The molecule has 0 aliphatic carbocycles. The van der Waals surface area contributed by atoms with Gasteiger partial charge in [-0.2, -0.15) is 9.38 Å². The van der Waals surface area contributed by atoms with Crippen molar-refractivity contribution >= 4 is 27.9 Å². The van der Waals surface area contributed by atoms with Crippen molar-refractivity contribution in [2.45, 2.75) is 25.9 Å². The zero-order valence-corrected chi connectivity index (χ0v) is 10.7. The number of rotatable bonds is 6. The molecule has 0 aliphatic heterocycles. The summed E-state index contributed by atoms with van der Waals surface area (Å²) < 4.78 is 1.46. The number of nitro groups is 1. The van der Waals surface area contributed by atoms with E-state index in [2.05, 4.69) is 10.3 Å². The number of thiazole rings is 1. The minimum atomic E-state index is -0.441. The lowest BCUT2D eigenvalue weighted by Crippen LogP contribution is -2.08. The van der Waals surface area contributed by atoms with Crippen LogP contribution in [0.15, 0.2) is 11.6 Å². The fourth-order valence-electron chi connectivity index (χ4n) is 1.67. The van der Waals surface area contributed by atoms with E-state index in [4.69, 9.17) is 5.11 Å². The molecule has 2 aromatic heterocycles. The smallest absolute Gasteiger partial charge is 0.372 e. The molecule has 0 amide bonds. The lowest BCUT2D eigenvalue weighted by Gasteiger charge is -2.05. The molecule has 0 saturated heterocycles. The van der Waals surface area contributed by atoms with Gasteiger partial charge >= 0.3 is 5.82 Å². The van der Waals surface area contributed by atoms with Gasteiger partial charge in [0.15, 0.2) is 0 Å². The number of fused-ring (bicyclic) bond motifs is 1. The number of aliphatic hydroxyl groups is 1. The molecule has 2 N–H and O–H groups in total. The summed E-state index contributed by atoms with van der Waals surface area (Å²) >= 11 is 1.35. The van der Waals surface area contributed by atoms with Crippen molar-refractivity contribution in [3.63, 3.8) is 0 Å². The topological polar surface area (TPSA) is 92.7 Å². The van der Waals surface area contributed by atoms with Gasteiger partial charge < -0.3 is 20.5 Å². The van der Waals surface area contributed by atoms with Gasteiger partial charge in [0, 0.05) is 11.9 Å². The summed E-state index contributed by atoms with van der Waals surface area (Å²) in [6.07, 6.45) is 2.67. The molecule has 98 valence electrons. The molecule has 0 aromatic carbocycles. The number of imidazole rings is 1. The van der Waals surface area contributed by atoms with Crippen molar-refractivity contribution in [2.24, 2.45) is 0 Å². The van der Waals surface area contributed by atoms with Crippen LogP contribution in [-0.4, -0.2) is 32.1 Å². The Morgan fingerprint density at radius 2 is 2.50 bits per heavy atom. The first-order valence-corrected chi connectivity index (χ1v) is 6.49. The minimum Gasteiger partial charge on any atom is -0.393 e. The van der Waals surface area contributed by atoms with Gasteiger partial charge in [-0.05, 0) is 24.7 Å². The average Bonchev–Trinajstić information content (AvgIpc) is 2.82. The lowest BCUT2D eigenvalue weighted by atomic mass is 10.2. The fraction of sp³-hybridized carbons (Fsp3) is 0.500. The van der Waals surface area contributed by atoms with E-state index in [1.165, 1.54) is 15.7 Å². The molecule has 2 aromatic rings. The van der Waals surface area contributed by atoms with Gasteiger partial charge in [0.2, 0.25) is 5.82 Å². The third-order valence-electron chi connectivity index (χ3n) is 2.50. The molecular formula is C10H14N4O3S. The molecule has 0 saturated carbocycles. The van der Waals surface area contributed by atoms with E-state index in [-0.39, 0.29) is 17.7 Å². The van der Waals surface area contributed by atoms with Crippen LogP contribution in [0.4, 0.5) is 11.6 Å². The molecule has 0 fully saturated rings. The van der Waals surface area contributed by atoms with E-state index < -0.39 is 4.92 Å². The summed E-state index contributed by atoms with van der Waals surface area (Å²) in [5.41, 5.74) is 0. The number of nitrogens with zero attached hydrogens (tertiary/aromatic N) is 3. The number of anilines is 1. The predicted molar refractivity (Wildman–Crippen MR) is 69.1 cm³/mol. The van der Waals surface area contributed by atoms with E-state index >= 15 is 0 Å². The number of aromatic nitrogens is 2. The highest BCUT2D eigenvalue weighted by Gasteiger charge is 2.22. The van der Waals surface area contributed by atoms with Gasteiger partial charge in [-0.15, -0.1) is 0 Å². The molecule has 0 spiro atoms. The third-order valence-corrected chi connectivity index (χ3v) is 3.26. The molecule has 0 radical (unpaired) electrons. The van der Waals surface area contributed by atoms with E-state index in [0.29, 0.717) is 17.9 Å². The maximum atomic E-state index is 11.0. The van der Waals surface area contributed by atoms with Crippen molar-refractivity contribution < 1.29 is 10.0 Å². The predicted octanol–water partition coefficient (Wildman–Crippen LogP) is 1.88. The third kappa shape index (κ3) is 2.59. The quantitative estimate of drug-likeness (QED) is 0.475. The van der Waals surface area contributed by atoms with Gasteiger partial charge in [0.1, 0.15) is 6.20 Å². The van der Waals surface area contributed by atoms with Crippen LogP contribution in [0.2, 0.25) is 0 Å². The zero-order valence-electron chi connectivity index (χ0n) is 9.87. The normalized spacial score (nSPS) is 12.8. The van der Waals surface area contributed by atoms with Crippen molar-refractivity contribution in [3.8, 4) is 0 Å².